The minimum Gasteiger partial charge on any atom is -0.489 e. The van der Waals surface area contributed by atoms with Crippen LogP contribution in [0, 0.1) is 0 Å². The van der Waals surface area contributed by atoms with Crippen LogP contribution in [0.2, 0.25) is 0 Å². The molecule has 0 radical (unpaired) electrons. The number of hydrogen-bond donors (Lipinski definition) is 2. The minimum absolute atomic E-state index is 0.0794. The van der Waals surface area contributed by atoms with Gasteiger partial charge in [0.15, 0.2) is 0 Å². The molecule has 0 fully saturated rings. The molecule has 0 saturated heterocycles. The van der Waals surface area contributed by atoms with Gasteiger partial charge in [0, 0.05) is 22.8 Å². The van der Waals surface area contributed by atoms with E-state index in [2.05, 4.69) is 30.0 Å². The Hall–Kier alpha value is -2.79. The number of carbonyl (C=O) groups is 1. The minimum atomic E-state index is -0.468. The van der Waals surface area contributed by atoms with Crippen LogP contribution >= 0.6 is 0 Å². The third kappa shape index (κ3) is 4.14. The average Bonchev–Trinajstić information content (AvgIpc) is 2.66. The number of anilines is 1. The molecule has 0 aromatic heterocycles. The number of carbonyl (C=O) groups excluding carboxylic acids is 1. The van der Waals surface area contributed by atoms with Gasteiger partial charge in [-0.15, -0.1) is 0 Å². The Bertz CT molecular complexity index is 830. The number of benzene rings is 2. The van der Waals surface area contributed by atoms with Crippen molar-refractivity contribution in [2.75, 3.05) is 11.5 Å². The monoisotopic (exact) mass is 366 g/mol. The van der Waals surface area contributed by atoms with Crippen LogP contribution in [-0.4, -0.2) is 29.3 Å². The molecule has 27 heavy (non-hydrogen) atoms. The topological polar surface area (TPSA) is 61.8 Å². The molecule has 1 aliphatic rings. The zero-order valence-electron chi connectivity index (χ0n) is 16.0. The number of amides is 1. The van der Waals surface area contributed by atoms with Crippen molar-refractivity contribution in [1.29, 1.82) is 0 Å². The number of fused-ring (bicyclic) bond motifs is 1. The van der Waals surface area contributed by atoms with Gasteiger partial charge in [-0.1, -0.05) is 42.5 Å². The molecule has 2 aromatic carbocycles. The molecule has 0 bridgehead atoms. The molecule has 1 amide bonds. The highest BCUT2D eigenvalue weighted by Gasteiger charge is 2.36. The van der Waals surface area contributed by atoms with Gasteiger partial charge in [-0.3, -0.25) is 10.0 Å². The zero-order chi connectivity index (χ0) is 19.4. The van der Waals surface area contributed by atoms with E-state index < -0.39 is 11.4 Å². The average molecular weight is 366 g/mol. The number of ether oxygens (including phenoxy) is 1. The molecule has 5 nitrogen and oxygen atoms in total. The van der Waals surface area contributed by atoms with Crippen LogP contribution in [0.25, 0.3) is 5.57 Å². The normalized spacial score (nSPS) is 16.4. The Labute approximate surface area is 160 Å². The number of rotatable bonds is 6. The summed E-state index contributed by atoms with van der Waals surface area (Å²) >= 11 is 0. The molecule has 3 rings (SSSR count). The number of nitrogens with one attached hydrogen (secondary N) is 1. The van der Waals surface area contributed by atoms with E-state index in [0.29, 0.717) is 6.61 Å². The molecule has 1 unspecified atom stereocenters. The maximum absolute atomic E-state index is 11.8. The molecule has 2 N–H and O–H groups in total. The first-order valence-corrected chi connectivity index (χ1v) is 9.12. The summed E-state index contributed by atoms with van der Waals surface area (Å²) < 4.78 is 5.97. The maximum atomic E-state index is 11.8. The van der Waals surface area contributed by atoms with Crippen LogP contribution < -0.4 is 15.1 Å². The Morgan fingerprint density at radius 1 is 1.15 bits per heavy atom. The molecule has 1 aliphatic heterocycles. The quantitative estimate of drug-likeness (QED) is 0.598. The molecule has 1 heterocycles. The van der Waals surface area contributed by atoms with Crippen LogP contribution in [0.3, 0.4) is 0 Å². The predicted octanol–water partition coefficient (Wildman–Crippen LogP) is 4.03. The van der Waals surface area contributed by atoms with E-state index in [9.17, 15) is 4.79 Å². The summed E-state index contributed by atoms with van der Waals surface area (Å²) in [5, 5.41) is 8.93. The van der Waals surface area contributed by atoms with Crippen LogP contribution in [0.15, 0.2) is 60.7 Å². The van der Waals surface area contributed by atoms with Crippen molar-refractivity contribution in [3.8, 4) is 5.75 Å². The van der Waals surface area contributed by atoms with Crippen LogP contribution in [0.5, 0.6) is 5.75 Å². The summed E-state index contributed by atoms with van der Waals surface area (Å²) in [4.78, 5) is 14.0. The fourth-order valence-electron chi connectivity index (χ4n) is 3.83. The summed E-state index contributed by atoms with van der Waals surface area (Å²) in [5.41, 5.74) is 4.57. The smallest absolute Gasteiger partial charge is 0.245 e. The first-order valence-electron chi connectivity index (χ1n) is 9.12. The fraction of sp³-hybridized carbons (Fsp3) is 0.318. The molecule has 0 aliphatic carbocycles. The van der Waals surface area contributed by atoms with Crippen molar-refractivity contribution in [1.82, 2.24) is 5.48 Å². The molecule has 5 heteroatoms. The van der Waals surface area contributed by atoms with E-state index in [4.69, 9.17) is 9.94 Å². The third-order valence-corrected chi connectivity index (χ3v) is 4.87. The lowest BCUT2D eigenvalue weighted by Gasteiger charge is -2.46. The molecule has 142 valence electrons. The van der Waals surface area contributed by atoms with E-state index in [1.807, 2.05) is 56.3 Å². The van der Waals surface area contributed by atoms with E-state index in [-0.39, 0.29) is 12.5 Å². The maximum Gasteiger partial charge on any atom is 0.245 e. The number of para-hydroxylation sites is 2. The van der Waals surface area contributed by atoms with Crippen LogP contribution in [-0.2, 0) is 4.79 Å². The van der Waals surface area contributed by atoms with E-state index in [1.54, 1.807) is 5.48 Å². The molecule has 0 spiro atoms. The van der Waals surface area contributed by atoms with Gasteiger partial charge in [0.2, 0.25) is 5.91 Å². The Morgan fingerprint density at radius 2 is 1.81 bits per heavy atom. The first kappa shape index (κ1) is 19.0. The summed E-state index contributed by atoms with van der Waals surface area (Å²) in [7, 11) is 0. The van der Waals surface area contributed by atoms with E-state index in [1.165, 1.54) is 0 Å². The fourth-order valence-corrected chi connectivity index (χ4v) is 3.83. The lowest BCUT2D eigenvalue weighted by molar-refractivity contribution is -0.130. The van der Waals surface area contributed by atoms with Crippen LogP contribution in [0.1, 0.15) is 32.8 Å². The largest absolute Gasteiger partial charge is 0.489 e. The van der Waals surface area contributed by atoms with Gasteiger partial charge in [-0.2, -0.15) is 0 Å². The second kappa shape index (κ2) is 7.84. The SMILES string of the molecule is CC1C=C(COc2ccccc2)c2ccccc2N1C(C)(C)CC(=O)NO. The zero-order valence-corrected chi connectivity index (χ0v) is 16.0. The molecular weight excluding hydrogens is 340 g/mol. The highest BCUT2D eigenvalue weighted by molar-refractivity contribution is 5.83. The third-order valence-electron chi connectivity index (χ3n) is 4.87. The summed E-state index contributed by atoms with van der Waals surface area (Å²) in [6, 6.07) is 18.0. The van der Waals surface area contributed by atoms with Gasteiger partial charge in [0.25, 0.3) is 0 Å². The van der Waals surface area contributed by atoms with Gasteiger partial charge in [-0.05, 0) is 44.5 Å². The summed E-state index contributed by atoms with van der Waals surface area (Å²) in [6.07, 6.45) is 2.37. The van der Waals surface area contributed by atoms with Crippen LogP contribution in [0.4, 0.5) is 5.69 Å². The molecular formula is C22H26N2O3. The Kier molecular flexibility index (Phi) is 5.51. The van der Waals surface area contributed by atoms with E-state index in [0.717, 1.165) is 22.6 Å². The molecule has 1 atom stereocenters. The second-order valence-electron chi connectivity index (χ2n) is 7.45. The van der Waals surface area contributed by atoms with Gasteiger partial charge in [-0.25, -0.2) is 5.48 Å². The number of nitrogens with zero attached hydrogens (tertiary/aromatic N) is 1. The first-order chi connectivity index (χ1) is 12.9. The van der Waals surface area contributed by atoms with Crippen molar-refractivity contribution >= 4 is 17.2 Å². The van der Waals surface area contributed by atoms with Crippen molar-refractivity contribution in [3.05, 3.63) is 66.2 Å². The van der Waals surface area contributed by atoms with Gasteiger partial charge in [0.05, 0.1) is 6.42 Å². The molecule has 2 aromatic rings. The van der Waals surface area contributed by atoms with Crippen molar-refractivity contribution < 1.29 is 14.7 Å². The van der Waals surface area contributed by atoms with Crippen molar-refractivity contribution in [2.24, 2.45) is 0 Å². The highest BCUT2D eigenvalue weighted by Crippen LogP contribution is 2.39. The Morgan fingerprint density at radius 3 is 2.52 bits per heavy atom. The standard InChI is InChI=1S/C22H26N2O3/c1-16-13-17(15-27-18-9-5-4-6-10-18)19-11-7-8-12-20(19)24(16)22(2,3)14-21(25)23-26/h4-13,16,26H,14-15H2,1-3H3,(H,23,25). The van der Waals surface area contributed by atoms with Gasteiger partial charge >= 0.3 is 0 Å². The van der Waals surface area contributed by atoms with Gasteiger partial charge < -0.3 is 9.64 Å². The van der Waals surface area contributed by atoms with Crippen molar-refractivity contribution in [3.63, 3.8) is 0 Å². The van der Waals surface area contributed by atoms with E-state index >= 15 is 0 Å². The second-order valence-corrected chi connectivity index (χ2v) is 7.45. The summed E-state index contributed by atoms with van der Waals surface area (Å²) in [6.45, 7) is 6.61. The number of hydroxylamine groups is 1. The lowest BCUT2D eigenvalue weighted by atomic mass is 9.88. The highest BCUT2D eigenvalue weighted by atomic mass is 16.5. The molecule has 0 saturated carbocycles. The lowest BCUT2D eigenvalue weighted by Crippen LogP contribution is -2.52. The summed E-state index contributed by atoms with van der Waals surface area (Å²) in [5.74, 6) is 0.442. The Balaban J connectivity index is 1.89. The van der Waals surface area contributed by atoms with Gasteiger partial charge in [0.1, 0.15) is 12.4 Å². The van der Waals surface area contributed by atoms with Crippen molar-refractivity contribution in [2.45, 2.75) is 38.8 Å². The predicted molar refractivity (Wildman–Crippen MR) is 107 cm³/mol. The number of hydrogen-bond acceptors (Lipinski definition) is 4.